The van der Waals surface area contributed by atoms with Crippen LogP contribution in [-0.2, 0) is 0 Å². The topological polar surface area (TPSA) is 58.0 Å². The maximum atomic E-state index is 12.5. The molecule has 3 rings (SSSR count). The molecule has 0 unspecified atom stereocenters. The van der Waals surface area contributed by atoms with E-state index in [9.17, 15) is 9.90 Å². The lowest BCUT2D eigenvalue weighted by atomic mass is 10.3. The Morgan fingerprint density at radius 1 is 1.32 bits per heavy atom. The number of hydrogen-bond acceptors (Lipinski definition) is 4. The maximum Gasteiger partial charge on any atom is 0.267 e. The summed E-state index contributed by atoms with van der Waals surface area (Å²) in [7, 11) is 0. The maximum absolute atomic E-state index is 12.5. The van der Waals surface area contributed by atoms with Gasteiger partial charge in [-0.05, 0) is 49.5 Å². The van der Waals surface area contributed by atoms with Crippen LogP contribution in [0.5, 0.6) is 5.75 Å². The number of phenols is 1. The molecule has 1 aromatic carbocycles. The molecule has 0 bridgehead atoms. The number of phenolic OH excluding ortho intramolecular Hbond substituents is 1. The van der Waals surface area contributed by atoms with Crippen molar-refractivity contribution in [3.63, 3.8) is 0 Å². The molecule has 0 fully saturated rings. The van der Waals surface area contributed by atoms with Crippen LogP contribution >= 0.6 is 23.6 Å². The van der Waals surface area contributed by atoms with Crippen LogP contribution in [0.2, 0.25) is 0 Å². The lowest BCUT2D eigenvalue weighted by Crippen LogP contribution is -2.19. The number of nitrogens with one attached hydrogen (secondary N) is 1. The first kappa shape index (κ1) is 12.1. The van der Waals surface area contributed by atoms with Gasteiger partial charge < -0.3 is 10.1 Å². The number of aromatic hydroxyl groups is 1. The van der Waals surface area contributed by atoms with Crippen LogP contribution in [0.1, 0.15) is 4.88 Å². The van der Waals surface area contributed by atoms with Crippen molar-refractivity contribution in [1.29, 1.82) is 0 Å². The van der Waals surface area contributed by atoms with E-state index in [1.807, 2.05) is 13.0 Å². The average Bonchev–Trinajstić information content (AvgIpc) is 2.72. The number of hydrogen-bond donors (Lipinski definition) is 2. The first-order valence-electron chi connectivity index (χ1n) is 5.61. The fraction of sp³-hybridized carbons (Fsp3) is 0.0769. The molecule has 4 nitrogen and oxygen atoms in total. The molecular formula is C13H10N2O2S2. The van der Waals surface area contributed by atoms with Gasteiger partial charge in [0, 0.05) is 4.88 Å². The van der Waals surface area contributed by atoms with Gasteiger partial charge in [-0.15, -0.1) is 11.3 Å². The predicted octanol–water partition coefficient (Wildman–Crippen LogP) is 3.12. The van der Waals surface area contributed by atoms with Crippen molar-refractivity contribution in [2.75, 3.05) is 0 Å². The molecule has 3 aromatic rings. The molecule has 2 N–H and O–H groups in total. The number of benzene rings is 1. The third kappa shape index (κ3) is 1.98. The van der Waals surface area contributed by atoms with Gasteiger partial charge in [0.15, 0.2) is 4.77 Å². The SMILES string of the molecule is Cc1cc2c(=O)n(-c3ccc(O)cc3)c(=S)[nH]c2s1. The Labute approximate surface area is 117 Å². The number of aryl methyl sites for hydroxylation is 1. The molecule has 0 radical (unpaired) electrons. The van der Waals surface area contributed by atoms with Crippen LogP contribution in [0, 0.1) is 11.7 Å². The number of fused-ring (bicyclic) bond motifs is 1. The molecular weight excluding hydrogens is 280 g/mol. The van der Waals surface area contributed by atoms with Crippen LogP contribution in [0.4, 0.5) is 0 Å². The molecule has 2 heterocycles. The second-order valence-electron chi connectivity index (χ2n) is 4.19. The second-order valence-corrected chi connectivity index (χ2v) is 5.83. The van der Waals surface area contributed by atoms with Gasteiger partial charge in [-0.25, -0.2) is 0 Å². The van der Waals surface area contributed by atoms with Crippen molar-refractivity contribution in [1.82, 2.24) is 9.55 Å². The van der Waals surface area contributed by atoms with Crippen molar-refractivity contribution >= 4 is 33.8 Å². The van der Waals surface area contributed by atoms with E-state index in [0.717, 1.165) is 9.71 Å². The molecule has 0 spiro atoms. The fourth-order valence-electron chi connectivity index (χ4n) is 1.97. The van der Waals surface area contributed by atoms with Crippen LogP contribution < -0.4 is 5.56 Å². The summed E-state index contributed by atoms with van der Waals surface area (Å²) in [6, 6.07) is 8.22. The summed E-state index contributed by atoms with van der Waals surface area (Å²) in [4.78, 5) is 17.4. The summed E-state index contributed by atoms with van der Waals surface area (Å²) >= 11 is 6.75. The molecule has 0 aliphatic carbocycles. The Hall–Kier alpha value is -1.92. The van der Waals surface area contributed by atoms with Crippen molar-refractivity contribution in [2.24, 2.45) is 0 Å². The van der Waals surface area contributed by atoms with Crippen molar-refractivity contribution < 1.29 is 5.11 Å². The number of nitrogens with zero attached hydrogens (tertiary/aromatic N) is 1. The summed E-state index contributed by atoms with van der Waals surface area (Å²) in [5.74, 6) is 0.152. The third-order valence-electron chi connectivity index (χ3n) is 2.82. The lowest BCUT2D eigenvalue weighted by molar-refractivity contribution is 0.475. The molecule has 2 aromatic heterocycles. The first-order valence-corrected chi connectivity index (χ1v) is 6.83. The van der Waals surface area contributed by atoms with Gasteiger partial charge >= 0.3 is 0 Å². The van der Waals surface area contributed by atoms with E-state index >= 15 is 0 Å². The molecule has 0 atom stereocenters. The molecule has 0 amide bonds. The highest BCUT2D eigenvalue weighted by atomic mass is 32.1. The molecule has 19 heavy (non-hydrogen) atoms. The Balaban J connectivity index is 2.38. The summed E-state index contributed by atoms with van der Waals surface area (Å²) in [5.41, 5.74) is 0.489. The highest BCUT2D eigenvalue weighted by Gasteiger charge is 2.09. The second kappa shape index (κ2) is 4.32. The van der Waals surface area contributed by atoms with E-state index < -0.39 is 0 Å². The highest BCUT2D eigenvalue weighted by Crippen LogP contribution is 2.21. The number of H-pyrrole nitrogens is 1. The van der Waals surface area contributed by atoms with Gasteiger partial charge in [-0.2, -0.15) is 0 Å². The molecule has 0 aliphatic rings. The van der Waals surface area contributed by atoms with Crippen molar-refractivity contribution in [3.8, 4) is 11.4 Å². The van der Waals surface area contributed by atoms with Crippen molar-refractivity contribution in [3.05, 3.63) is 50.3 Å². The molecule has 0 saturated heterocycles. The fourth-order valence-corrected chi connectivity index (χ4v) is 3.23. The monoisotopic (exact) mass is 290 g/mol. The summed E-state index contributed by atoms with van der Waals surface area (Å²) in [6.45, 7) is 1.95. The van der Waals surface area contributed by atoms with E-state index in [1.54, 1.807) is 12.1 Å². The smallest absolute Gasteiger partial charge is 0.267 e. The molecule has 0 saturated carbocycles. The van der Waals surface area contributed by atoms with E-state index in [1.165, 1.54) is 28.0 Å². The van der Waals surface area contributed by atoms with Gasteiger partial charge in [0.05, 0.1) is 11.1 Å². The minimum absolute atomic E-state index is 0.145. The first-order chi connectivity index (χ1) is 9.06. The number of thiophene rings is 1. The van der Waals surface area contributed by atoms with Gasteiger partial charge in [-0.3, -0.25) is 9.36 Å². The minimum atomic E-state index is -0.145. The number of aromatic amines is 1. The minimum Gasteiger partial charge on any atom is -0.508 e. The highest BCUT2D eigenvalue weighted by molar-refractivity contribution is 7.71. The van der Waals surface area contributed by atoms with Gasteiger partial charge in [0.1, 0.15) is 10.6 Å². The van der Waals surface area contributed by atoms with Crippen molar-refractivity contribution in [2.45, 2.75) is 6.92 Å². The summed E-state index contributed by atoms with van der Waals surface area (Å²) in [5, 5.41) is 9.93. The zero-order valence-electron chi connectivity index (χ0n) is 10.0. The van der Waals surface area contributed by atoms with E-state index in [-0.39, 0.29) is 11.3 Å². The molecule has 6 heteroatoms. The van der Waals surface area contributed by atoms with Crippen LogP contribution in [0.15, 0.2) is 35.1 Å². The standard InChI is InChI=1S/C13H10N2O2S2/c1-7-6-10-11(19-7)14-13(18)15(12(10)17)8-2-4-9(16)5-3-8/h2-6,16H,1H3,(H,14,18). The van der Waals surface area contributed by atoms with E-state index in [2.05, 4.69) is 4.98 Å². The van der Waals surface area contributed by atoms with E-state index in [4.69, 9.17) is 12.2 Å². The number of aromatic nitrogens is 2. The van der Waals surface area contributed by atoms with Crippen LogP contribution in [-0.4, -0.2) is 14.7 Å². The quantitative estimate of drug-likeness (QED) is 0.677. The summed E-state index contributed by atoms with van der Waals surface area (Å²) < 4.78 is 1.79. The van der Waals surface area contributed by atoms with Gasteiger partial charge in [0.25, 0.3) is 5.56 Å². The normalized spacial score (nSPS) is 11.0. The Morgan fingerprint density at radius 3 is 2.68 bits per heavy atom. The largest absolute Gasteiger partial charge is 0.508 e. The Bertz CT molecular complexity index is 872. The molecule has 0 aliphatic heterocycles. The van der Waals surface area contributed by atoms with Crippen LogP contribution in [0.3, 0.4) is 0 Å². The zero-order valence-corrected chi connectivity index (χ0v) is 11.6. The van der Waals surface area contributed by atoms with Crippen LogP contribution in [0.25, 0.3) is 15.9 Å². The average molecular weight is 290 g/mol. The van der Waals surface area contributed by atoms with E-state index in [0.29, 0.717) is 15.8 Å². The lowest BCUT2D eigenvalue weighted by Gasteiger charge is -2.06. The number of rotatable bonds is 1. The Morgan fingerprint density at radius 2 is 2.00 bits per heavy atom. The predicted molar refractivity (Wildman–Crippen MR) is 79.0 cm³/mol. The molecule has 96 valence electrons. The van der Waals surface area contributed by atoms with Gasteiger partial charge in [0.2, 0.25) is 0 Å². The van der Waals surface area contributed by atoms with Gasteiger partial charge in [-0.1, -0.05) is 0 Å². The summed E-state index contributed by atoms with van der Waals surface area (Å²) in [6.07, 6.45) is 0. The Kier molecular flexibility index (Phi) is 2.76. The zero-order chi connectivity index (χ0) is 13.6. The third-order valence-corrected chi connectivity index (χ3v) is 4.07.